The molecule has 0 fully saturated rings. The van der Waals surface area contributed by atoms with E-state index in [0.29, 0.717) is 11.5 Å². The van der Waals surface area contributed by atoms with Gasteiger partial charge in [-0.3, -0.25) is 4.79 Å². The Bertz CT molecular complexity index is 1270. The van der Waals surface area contributed by atoms with E-state index in [0.717, 1.165) is 32.7 Å². The maximum Gasteiger partial charge on any atom is 0.272 e. The van der Waals surface area contributed by atoms with Crippen LogP contribution >= 0.6 is 11.3 Å². The largest absolute Gasteiger partial charge is 0.272 e. The van der Waals surface area contributed by atoms with Gasteiger partial charge in [0.05, 0.1) is 27.4 Å². The fourth-order valence-corrected chi connectivity index (χ4v) is 4.24. The topological polar surface area (TPSA) is 54.4 Å². The Balaban J connectivity index is 1.70. The van der Waals surface area contributed by atoms with E-state index in [1.807, 2.05) is 49.4 Å². The maximum absolute atomic E-state index is 13.1. The maximum atomic E-state index is 13.1. The van der Waals surface area contributed by atoms with Gasteiger partial charge < -0.3 is 0 Å². The van der Waals surface area contributed by atoms with Crippen LogP contribution in [-0.4, -0.2) is 16.6 Å². The first-order valence-electron chi connectivity index (χ1n) is 10.3. The number of amides is 1. The molecule has 1 amide bonds. The minimum Gasteiger partial charge on any atom is -0.267 e. The van der Waals surface area contributed by atoms with Gasteiger partial charge >= 0.3 is 0 Å². The molecular weight excluding hydrogens is 402 g/mol. The number of hydrazone groups is 1. The lowest BCUT2D eigenvalue weighted by Crippen LogP contribution is -2.19. The molecule has 4 rings (SSSR count). The Morgan fingerprint density at radius 1 is 1.03 bits per heavy atom. The number of para-hydroxylation sites is 1. The minimum absolute atomic E-state index is 0.244. The highest BCUT2D eigenvalue weighted by Gasteiger charge is 2.14. The zero-order valence-corrected chi connectivity index (χ0v) is 19.0. The number of fused-ring (bicyclic) bond motifs is 1. The smallest absolute Gasteiger partial charge is 0.267 e. The first kappa shape index (κ1) is 20.9. The van der Waals surface area contributed by atoms with Gasteiger partial charge in [0.15, 0.2) is 0 Å². The molecule has 0 saturated heterocycles. The molecule has 4 aromatic rings. The minimum atomic E-state index is -0.244. The number of thiophene rings is 1. The number of rotatable bonds is 5. The Morgan fingerprint density at radius 3 is 2.45 bits per heavy atom. The van der Waals surface area contributed by atoms with E-state index < -0.39 is 0 Å². The molecule has 0 saturated carbocycles. The van der Waals surface area contributed by atoms with Crippen molar-refractivity contribution >= 4 is 33.9 Å². The monoisotopic (exact) mass is 427 g/mol. The van der Waals surface area contributed by atoms with Crippen LogP contribution in [0.2, 0.25) is 0 Å². The lowest BCUT2D eigenvalue weighted by Gasteiger charge is -2.10. The SMILES string of the molecule is CC(=NNC(=O)c1cc(-c2ccc(C(C)C)cc2)nc2ccccc12)c1ccc(C)s1. The Labute approximate surface area is 186 Å². The van der Waals surface area contributed by atoms with Crippen LogP contribution in [0.3, 0.4) is 0 Å². The Morgan fingerprint density at radius 2 is 1.77 bits per heavy atom. The Kier molecular flexibility index (Phi) is 5.96. The summed E-state index contributed by atoms with van der Waals surface area (Å²) in [5, 5.41) is 5.14. The number of aromatic nitrogens is 1. The molecule has 1 N–H and O–H groups in total. The highest BCUT2D eigenvalue weighted by Crippen LogP contribution is 2.26. The second kappa shape index (κ2) is 8.82. The number of carbonyl (C=O) groups excluding carboxylic acids is 1. The lowest BCUT2D eigenvalue weighted by molar-refractivity contribution is 0.0956. The van der Waals surface area contributed by atoms with Crippen molar-refractivity contribution in [2.75, 3.05) is 0 Å². The summed E-state index contributed by atoms with van der Waals surface area (Å²) >= 11 is 1.66. The van der Waals surface area contributed by atoms with Crippen LogP contribution in [0.25, 0.3) is 22.2 Å². The van der Waals surface area contributed by atoms with Crippen LogP contribution in [-0.2, 0) is 0 Å². The quantitative estimate of drug-likeness (QED) is 0.290. The molecule has 0 bridgehead atoms. The van der Waals surface area contributed by atoms with Crippen molar-refractivity contribution in [2.24, 2.45) is 5.10 Å². The predicted molar refractivity (Wildman–Crippen MR) is 130 cm³/mol. The van der Waals surface area contributed by atoms with Crippen molar-refractivity contribution in [3.05, 3.63) is 87.6 Å². The van der Waals surface area contributed by atoms with E-state index in [1.54, 1.807) is 11.3 Å². The van der Waals surface area contributed by atoms with Gasteiger partial charge in [-0.2, -0.15) is 5.10 Å². The van der Waals surface area contributed by atoms with Crippen LogP contribution in [0, 0.1) is 6.92 Å². The normalized spacial score (nSPS) is 11.8. The summed E-state index contributed by atoms with van der Waals surface area (Å²) in [6, 6.07) is 22.0. The van der Waals surface area contributed by atoms with Crippen LogP contribution in [0.1, 0.15) is 52.4 Å². The standard InChI is InChI=1S/C26H25N3OS/c1-16(2)19-10-12-20(13-11-19)24-15-22(21-7-5-6-8-23(21)27-24)26(30)29-28-18(4)25-14-9-17(3)31-25/h5-16H,1-4H3,(H,29,30). The number of benzene rings is 2. The van der Waals surface area contributed by atoms with Gasteiger partial charge in [-0.25, -0.2) is 10.4 Å². The second-order valence-corrected chi connectivity index (χ2v) is 9.19. The van der Waals surface area contributed by atoms with Gasteiger partial charge in [0.2, 0.25) is 0 Å². The van der Waals surface area contributed by atoms with Gasteiger partial charge in [-0.1, -0.05) is 56.3 Å². The molecule has 0 atom stereocenters. The fraction of sp³-hybridized carbons (Fsp3) is 0.192. The van der Waals surface area contributed by atoms with Crippen molar-refractivity contribution < 1.29 is 4.79 Å². The molecule has 2 aromatic heterocycles. The van der Waals surface area contributed by atoms with Gasteiger partial charge in [0.25, 0.3) is 5.91 Å². The number of nitrogens with zero attached hydrogens (tertiary/aromatic N) is 2. The third kappa shape index (κ3) is 4.57. The number of nitrogens with one attached hydrogen (secondary N) is 1. The van der Waals surface area contributed by atoms with E-state index in [4.69, 9.17) is 4.98 Å². The first-order chi connectivity index (χ1) is 14.9. The summed E-state index contributed by atoms with van der Waals surface area (Å²) in [6.07, 6.45) is 0. The van der Waals surface area contributed by atoms with Crippen molar-refractivity contribution in [1.82, 2.24) is 10.4 Å². The molecule has 31 heavy (non-hydrogen) atoms. The summed E-state index contributed by atoms with van der Waals surface area (Å²) in [5.74, 6) is 0.222. The van der Waals surface area contributed by atoms with Crippen molar-refractivity contribution in [3.8, 4) is 11.3 Å². The highest BCUT2D eigenvalue weighted by molar-refractivity contribution is 7.14. The number of hydrogen-bond acceptors (Lipinski definition) is 4. The average molecular weight is 428 g/mol. The van der Waals surface area contributed by atoms with E-state index >= 15 is 0 Å². The molecule has 2 aromatic carbocycles. The summed E-state index contributed by atoms with van der Waals surface area (Å²) in [6.45, 7) is 8.30. The summed E-state index contributed by atoms with van der Waals surface area (Å²) < 4.78 is 0. The molecule has 0 aliphatic carbocycles. The van der Waals surface area contributed by atoms with Crippen molar-refractivity contribution in [1.29, 1.82) is 0 Å². The fourth-order valence-electron chi connectivity index (χ4n) is 3.43. The van der Waals surface area contributed by atoms with Gasteiger partial charge in [-0.05, 0) is 49.6 Å². The zero-order chi connectivity index (χ0) is 22.0. The number of aryl methyl sites for hydroxylation is 1. The lowest BCUT2D eigenvalue weighted by atomic mass is 9.99. The van der Waals surface area contributed by atoms with Gasteiger partial charge in [0.1, 0.15) is 0 Å². The van der Waals surface area contributed by atoms with Crippen LogP contribution in [0.15, 0.2) is 71.8 Å². The Hall–Kier alpha value is -3.31. The number of hydrogen-bond donors (Lipinski definition) is 1. The summed E-state index contributed by atoms with van der Waals surface area (Å²) in [4.78, 5) is 20.1. The molecule has 5 heteroatoms. The number of carbonyl (C=O) groups is 1. The van der Waals surface area contributed by atoms with Gasteiger partial charge in [-0.15, -0.1) is 11.3 Å². The van der Waals surface area contributed by atoms with E-state index in [2.05, 4.69) is 55.6 Å². The van der Waals surface area contributed by atoms with Crippen molar-refractivity contribution in [2.45, 2.75) is 33.6 Å². The summed E-state index contributed by atoms with van der Waals surface area (Å²) in [7, 11) is 0. The van der Waals surface area contributed by atoms with E-state index in [9.17, 15) is 4.79 Å². The molecule has 0 radical (unpaired) electrons. The van der Waals surface area contributed by atoms with Gasteiger partial charge in [0, 0.05) is 15.8 Å². The third-order valence-electron chi connectivity index (χ3n) is 5.26. The zero-order valence-electron chi connectivity index (χ0n) is 18.1. The van der Waals surface area contributed by atoms with E-state index in [1.165, 1.54) is 10.4 Å². The highest BCUT2D eigenvalue weighted by atomic mass is 32.1. The molecule has 2 heterocycles. The van der Waals surface area contributed by atoms with Crippen LogP contribution in [0.4, 0.5) is 0 Å². The van der Waals surface area contributed by atoms with Crippen LogP contribution in [0.5, 0.6) is 0 Å². The molecule has 0 spiro atoms. The average Bonchev–Trinajstić information content (AvgIpc) is 3.23. The summed E-state index contributed by atoms with van der Waals surface area (Å²) in [5.41, 5.74) is 7.89. The predicted octanol–water partition coefficient (Wildman–Crippen LogP) is 6.55. The van der Waals surface area contributed by atoms with E-state index in [-0.39, 0.29) is 5.91 Å². The molecule has 156 valence electrons. The first-order valence-corrected chi connectivity index (χ1v) is 11.2. The molecule has 0 aliphatic rings. The molecule has 0 unspecified atom stereocenters. The number of pyridine rings is 1. The molecule has 0 aliphatic heterocycles. The molecular formula is C26H25N3OS. The second-order valence-electron chi connectivity index (χ2n) is 7.90. The van der Waals surface area contributed by atoms with Crippen LogP contribution < -0.4 is 5.43 Å². The van der Waals surface area contributed by atoms with Crippen molar-refractivity contribution in [3.63, 3.8) is 0 Å². The molecule has 4 nitrogen and oxygen atoms in total. The third-order valence-corrected chi connectivity index (χ3v) is 6.37.